The average Bonchev–Trinajstić information content (AvgIpc) is 2.46. The average molecular weight is 220 g/mol. The Labute approximate surface area is 88.3 Å². The Balaban J connectivity index is 3.07. The van der Waals surface area contributed by atoms with E-state index in [0.29, 0.717) is 0 Å². The second kappa shape index (κ2) is 4.31. The molecule has 88 valence electrons. The van der Waals surface area contributed by atoms with E-state index in [2.05, 4.69) is 0 Å². The van der Waals surface area contributed by atoms with Crippen LogP contribution < -0.4 is 0 Å². The molecule has 0 aromatic rings. The lowest BCUT2D eigenvalue weighted by Gasteiger charge is -2.33. The normalized spacial score (nSPS) is 31.5. The molecule has 2 amide bonds. The van der Waals surface area contributed by atoms with Gasteiger partial charge in [0, 0.05) is 14.2 Å². The quantitative estimate of drug-likeness (QED) is 0.676. The Kier molecular flexibility index (Phi) is 3.50. The van der Waals surface area contributed by atoms with Crippen LogP contribution in [0.2, 0.25) is 0 Å². The molecule has 0 bridgehead atoms. The van der Waals surface area contributed by atoms with E-state index in [1.807, 2.05) is 0 Å². The number of hydrogen-bond donors (Lipinski definition) is 0. The highest BCUT2D eigenvalue weighted by Crippen LogP contribution is 2.33. The maximum absolute atomic E-state index is 11.8. The van der Waals surface area contributed by atoms with Crippen LogP contribution in [0.25, 0.3) is 0 Å². The van der Waals surface area contributed by atoms with Gasteiger partial charge in [-0.25, -0.2) is 4.79 Å². The molecule has 0 aromatic heterocycles. The molecule has 15 heavy (non-hydrogen) atoms. The molecule has 0 N–H and O–H groups in total. The van der Waals surface area contributed by atoms with E-state index < -0.39 is 18.0 Å². The van der Waals surface area contributed by atoms with Gasteiger partial charge in [-0.3, -0.25) is 9.68 Å². The Morgan fingerprint density at radius 1 is 1.20 bits per heavy atom. The first-order chi connectivity index (χ1) is 7.06. The minimum absolute atomic E-state index is 0.476. The molecular weight excluding hydrogens is 204 g/mol. The van der Waals surface area contributed by atoms with Gasteiger partial charge in [0.15, 0.2) is 0 Å². The number of hydrogen-bond acceptors (Lipinski definition) is 5. The van der Waals surface area contributed by atoms with E-state index in [0.717, 1.165) is 10.1 Å². The van der Waals surface area contributed by atoms with Gasteiger partial charge in [0.25, 0.3) is 0 Å². The molecular formula is C8H16N2O5. The van der Waals surface area contributed by atoms with Gasteiger partial charge in [0.1, 0.15) is 0 Å². The Morgan fingerprint density at radius 2 is 1.80 bits per heavy atom. The van der Waals surface area contributed by atoms with E-state index in [1.165, 1.54) is 28.4 Å². The fraction of sp³-hybridized carbons (Fsp3) is 0.875. The first kappa shape index (κ1) is 12.2. The lowest BCUT2D eigenvalue weighted by Crippen LogP contribution is -2.51. The third-order valence-electron chi connectivity index (χ3n) is 2.45. The Bertz CT molecular complexity index is 249. The SMILES string of the molecule is COC1N(OC)C(=O)N(OC)C1(C)OC. The van der Waals surface area contributed by atoms with Crippen molar-refractivity contribution >= 4 is 6.03 Å². The summed E-state index contributed by atoms with van der Waals surface area (Å²) in [6.45, 7) is 1.67. The van der Waals surface area contributed by atoms with Crippen molar-refractivity contribution < 1.29 is 23.9 Å². The number of amides is 2. The largest absolute Gasteiger partial charge is 0.373 e. The van der Waals surface area contributed by atoms with Crippen molar-refractivity contribution in [3.63, 3.8) is 0 Å². The molecule has 1 heterocycles. The van der Waals surface area contributed by atoms with Crippen LogP contribution in [0.3, 0.4) is 0 Å². The number of ether oxygens (including phenoxy) is 2. The van der Waals surface area contributed by atoms with Crippen molar-refractivity contribution in [1.29, 1.82) is 0 Å². The molecule has 0 saturated carbocycles. The predicted octanol–water partition coefficient (Wildman–Crippen LogP) is 0.182. The number of carbonyl (C=O) groups excluding carboxylic acids is 1. The summed E-state index contributed by atoms with van der Waals surface area (Å²) in [4.78, 5) is 21.6. The van der Waals surface area contributed by atoms with Crippen molar-refractivity contribution in [3.8, 4) is 0 Å². The van der Waals surface area contributed by atoms with Crippen molar-refractivity contribution in [2.75, 3.05) is 28.4 Å². The highest BCUT2D eigenvalue weighted by Gasteiger charge is 2.57. The first-order valence-electron chi connectivity index (χ1n) is 4.36. The summed E-state index contributed by atoms with van der Waals surface area (Å²) in [6, 6.07) is -0.476. The predicted molar refractivity (Wildman–Crippen MR) is 49.3 cm³/mol. The molecule has 1 saturated heterocycles. The first-order valence-corrected chi connectivity index (χ1v) is 4.36. The molecule has 2 atom stereocenters. The molecule has 1 aliphatic heterocycles. The number of rotatable bonds is 4. The van der Waals surface area contributed by atoms with E-state index in [9.17, 15) is 4.79 Å². The number of methoxy groups -OCH3 is 2. The summed E-state index contributed by atoms with van der Waals surface area (Å²) >= 11 is 0. The van der Waals surface area contributed by atoms with Gasteiger partial charge >= 0.3 is 6.03 Å². The highest BCUT2D eigenvalue weighted by atomic mass is 16.8. The van der Waals surface area contributed by atoms with Crippen molar-refractivity contribution in [2.24, 2.45) is 0 Å². The number of nitrogens with zero attached hydrogens (tertiary/aromatic N) is 2. The van der Waals surface area contributed by atoms with Crippen molar-refractivity contribution in [2.45, 2.75) is 18.9 Å². The zero-order valence-corrected chi connectivity index (χ0v) is 9.51. The number of hydroxylamine groups is 4. The fourth-order valence-corrected chi connectivity index (χ4v) is 1.63. The summed E-state index contributed by atoms with van der Waals surface area (Å²) < 4.78 is 10.4. The zero-order valence-electron chi connectivity index (χ0n) is 9.51. The van der Waals surface area contributed by atoms with Crippen LogP contribution in [0.5, 0.6) is 0 Å². The fourth-order valence-electron chi connectivity index (χ4n) is 1.63. The van der Waals surface area contributed by atoms with Crippen LogP contribution in [0.4, 0.5) is 4.79 Å². The van der Waals surface area contributed by atoms with Crippen LogP contribution in [-0.4, -0.2) is 56.5 Å². The maximum atomic E-state index is 11.8. The molecule has 0 spiro atoms. The van der Waals surface area contributed by atoms with Gasteiger partial charge in [-0.2, -0.15) is 10.1 Å². The minimum atomic E-state index is -1.05. The van der Waals surface area contributed by atoms with E-state index in [1.54, 1.807) is 6.92 Å². The topological polar surface area (TPSA) is 60.5 Å². The maximum Gasteiger partial charge on any atom is 0.373 e. The smallest absolute Gasteiger partial charge is 0.355 e. The molecule has 7 heteroatoms. The number of carbonyl (C=O) groups is 1. The third kappa shape index (κ3) is 1.57. The second-order valence-corrected chi connectivity index (χ2v) is 3.11. The minimum Gasteiger partial charge on any atom is -0.355 e. The molecule has 1 rings (SSSR count). The second-order valence-electron chi connectivity index (χ2n) is 3.11. The molecule has 2 unspecified atom stereocenters. The summed E-state index contributed by atoms with van der Waals surface area (Å²) in [5.74, 6) is 0. The summed E-state index contributed by atoms with van der Waals surface area (Å²) in [6.07, 6.45) is -0.694. The molecule has 0 aromatic carbocycles. The summed E-state index contributed by atoms with van der Waals surface area (Å²) in [5, 5.41) is 2.11. The molecule has 0 radical (unpaired) electrons. The Hall–Kier alpha value is -0.890. The van der Waals surface area contributed by atoms with Gasteiger partial charge in [-0.15, -0.1) is 0 Å². The van der Waals surface area contributed by atoms with Crippen LogP contribution in [0.15, 0.2) is 0 Å². The van der Waals surface area contributed by atoms with Crippen molar-refractivity contribution in [1.82, 2.24) is 10.1 Å². The lowest BCUT2D eigenvalue weighted by atomic mass is 10.2. The highest BCUT2D eigenvalue weighted by molar-refractivity contribution is 5.75. The van der Waals surface area contributed by atoms with Gasteiger partial charge in [0.05, 0.1) is 14.2 Å². The lowest BCUT2D eigenvalue weighted by molar-refractivity contribution is -0.285. The van der Waals surface area contributed by atoms with Gasteiger partial charge in [-0.05, 0) is 6.92 Å². The van der Waals surface area contributed by atoms with Crippen LogP contribution >= 0.6 is 0 Å². The van der Waals surface area contributed by atoms with Crippen LogP contribution in [0.1, 0.15) is 6.92 Å². The number of urea groups is 1. The van der Waals surface area contributed by atoms with Gasteiger partial charge in [-0.1, -0.05) is 0 Å². The molecule has 0 aliphatic carbocycles. The zero-order chi connectivity index (χ0) is 11.6. The molecule has 1 aliphatic rings. The van der Waals surface area contributed by atoms with Gasteiger partial charge in [0.2, 0.25) is 12.0 Å². The van der Waals surface area contributed by atoms with E-state index in [-0.39, 0.29) is 0 Å². The summed E-state index contributed by atoms with van der Waals surface area (Å²) in [5.41, 5.74) is -1.05. The summed E-state index contributed by atoms with van der Waals surface area (Å²) in [7, 11) is 5.67. The van der Waals surface area contributed by atoms with Gasteiger partial charge < -0.3 is 9.47 Å². The standard InChI is InChI=1S/C8H16N2O5/c1-8(13-3)6(12-2)9(14-4)7(11)10(8)15-5/h6H,1-5H3. The van der Waals surface area contributed by atoms with E-state index >= 15 is 0 Å². The van der Waals surface area contributed by atoms with Crippen LogP contribution in [0, 0.1) is 0 Å². The monoisotopic (exact) mass is 220 g/mol. The van der Waals surface area contributed by atoms with E-state index in [4.69, 9.17) is 19.1 Å². The van der Waals surface area contributed by atoms with Crippen molar-refractivity contribution in [3.05, 3.63) is 0 Å². The Morgan fingerprint density at radius 3 is 2.13 bits per heavy atom. The molecule has 7 nitrogen and oxygen atoms in total. The van der Waals surface area contributed by atoms with Crippen LogP contribution in [-0.2, 0) is 19.1 Å². The molecule has 1 fully saturated rings. The third-order valence-corrected chi connectivity index (χ3v) is 2.45.